The van der Waals surface area contributed by atoms with Crippen molar-refractivity contribution < 1.29 is 18.0 Å². The molecule has 0 spiro atoms. The molecule has 0 heterocycles. The number of alkyl halides is 3. The molecule has 2 aromatic carbocycles. The Kier molecular flexibility index (Phi) is 4.49. The number of carbonyl (C=O) groups is 1. The number of nitrogens with one attached hydrogen (secondary N) is 1. The van der Waals surface area contributed by atoms with E-state index in [1.165, 1.54) is 12.1 Å². The van der Waals surface area contributed by atoms with Crippen molar-refractivity contribution in [2.24, 2.45) is 5.92 Å². The normalized spacial score (nSPS) is 19.1. The van der Waals surface area contributed by atoms with E-state index in [9.17, 15) is 18.0 Å². The molecule has 1 saturated carbocycles. The van der Waals surface area contributed by atoms with Gasteiger partial charge in [0.1, 0.15) is 0 Å². The third-order valence-electron chi connectivity index (χ3n) is 4.30. The van der Waals surface area contributed by atoms with Crippen molar-refractivity contribution >= 4 is 11.6 Å². The molecule has 128 valence electrons. The fraction of sp³-hybridized carbons (Fsp3) is 0.263. The number of anilines is 1. The Bertz CT molecular complexity index is 805. The van der Waals surface area contributed by atoms with E-state index in [-0.39, 0.29) is 17.7 Å². The second-order valence-corrected chi connectivity index (χ2v) is 6.09. The van der Waals surface area contributed by atoms with Gasteiger partial charge in [-0.25, -0.2) is 0 Å². The zero-order valence-electron chi connectivity index (χ0n) is 13.2. The molecule has 3 rings (SSSR count). The van der Waals surface area contributed by atoms with Crippen LogP contribution in [0.1, 0.15) is 29.0 Å². The Balaban J connectivity index is 1.59. The summed E-state index contributed by atoms with van der Waals surface area (Å²) in [6, 6.07) is 14.1. The van der Waals surface area contributed by atoms with Gasteiger partial charge in [0, 0.05) is 11.6 Å². The highest BCUT2D eigenvalue weighted by molar-refractivity contribution is 5.95. The zero-order chi connectivity index (χ0) is 18.0. The van der Waals surface area contributed by atoms with Crippen molar-refractivity contribution in [2.75, 3.05) is 5.32 Å². The Morgan fingerprint density at radius 2 is 1.76 bits per heavy atom. The highest BCUT2D eigenvalue weighted by Gasteiger charge is 2.44. The average molecular weight is 344 g/mol. The number of amides is 1. The quantitative estimate of drug-likeness (QED) is 0.887. The van der Waals surface area contributed by atoms with Crippen LogP contribution in [0.25, 0.3) is 0 Å². The summed E-state index contributed by atoms with van der Waals surface area (Å²) >= 11 is 0. The summed E-state index contributed by atoms with van der Waals surface area (Å²) in [6.45, 7) is 0. The Labute approximate surface area is 143 Å². The summed E-state index contributed by atoms with van der Waals surface area (Å²) in [6.07, 6.45) is -3.41. The lowest BCUT2D eigenvalue weighted by Gasteiger charge is -2.08. The molecule has 2 unspecified atom stereocenters. The second kappa shape index (κ2) is 6.60. The molecule has 25 heavy (non-hydrogen) atoms. The van der Waals surface area contributed by atoms with E-state index in [0.29, 0.717) is 18.5 Å². The predicted octanol–water partition coefficient (Wildman–Crippen LogP) is 4.51. The van der Waals surface area contributed by atoms with Crippen LogP contribution in [0.3, 0.4) is 0 Å². The third-order valence-corrected chi connectivity index (χ3v) is 4.30. The van der Waals surface area contributed by atoms with Crippen molar-refractivity contribution in [2.45, 2.75) is 24.9 Å². The maximum atomic E-state index is 12.6. The number of nitrogens with zero attached hydrogens (tertiary/aromatic N) is 1. The standard InChI is InChI=1S/C19H15F3N2O/c20-19(21,22)14-5-3-13(4-6-14)16-11-17(16)18(25)24-15-7-1-12(2-8-15)9-10-23/h1-8,16-17H,9,11H2,(H,24,25). The van der Waals surface area contributed by atoms with Gasteiger partial charge >= 0.3 is 6.18 Å². The zero-order valence-corrected chi connectivity index (χ0v) is 13.2. The lowest BCUT2D eigenvalue weighted by atomic mass is 10.1. The summed E-state index contributed by atoms with van der Waals surface area (Å²) in [4.78, 5) is 12.3. The van der Waals surface area contributed by atoms with E-state index < -0.39 is 11.7 Å². The molecule has 1 aliphatic carbocycles. The molecule has 0 bridgehead atoms. The molecule has 2 atom stereocenters. The van der Waals surface area contributed by atoms with Gasteiger partial charge in [-0.15, -0.1) is 0 Å². The van der Waals surface area contributed by atoms with Gasteiger partial charge in [-0.2, -0.15) is 18.4 Å². The van der Waals surface area contributed by atoms with Crippen LogP contribution in [0.15, 0.2) is 48.5 Å². The van der Waals surface area contributed by atoms with E-state index in [0.717, 1.165) is 23.3 Å². The maximum Gasteiger partial charge on any atom is 0.416 e. The van der Waals surface area contributed by atoms with Gasteiger partial charge in [0.15, 0.2) is 0 Å². The fourth-order valence-corrected chi connectivity index (χ4v) is 2.80. The van der Waals surface area contributed by atoms with Crippen LogP contribution in [0.5, 0.6) is 0 Å². The van der Waals surface area contributed by atoms with Crippen molar-refractivity contribution in [1.82, 2.24) is 0 Å². The Morgan fingerprint density at radius 3 is 2.32 bits per heavy atom. The first kappa shape index (κ1) is 17.0. The molecule has 6 heteroatoms. The monoisotopic (exact) mass is 344 g/mol. The van der Waals surface area contributed by atoms with Crippen molar-refractivity contribution in [1.29, 1.82) is 5.26 Å². The average Bonchev–Trinajstić information content (AvgIpc) is 3.37. The van der Waals surface area contributed by atoms with Crippen LogP contribution in [0.2, 0.25) is 0 Å². The van der Waals surface area contributed by atoms with E-state index in [1.54, 1.807) is 24.3 Å². The molecular formula is C19H15F3N2O. The van der Waals surface area contributed by atoms with Gasteiger partial charge in [-0.3, -0.25) is 4.79 Å². The number of rotatable bonds is 4. The maximum absolute atomic E-state index is 12.6. The molecular weight excluding hydrogens is 329 g/mol. The minimum absolute atomic E-state index is 0.0415. The van der Waals surface area contributed by atoms with E-state index >= 15 is 0 Å². The molecule has 1 amide bonds. The number of hydrogen-bond acceptors (Lipinski definition) is 2. The van der Waals surface area contributed by atoms with Crippen molar-refractivity contribution in [3.8, 4) is 6.07 Å². The number of carbonyl (C=O) groups excluding carboxylic acids is 1. The van der Waals surface area contributed by atoms with Crippen LogP contribution >= 0.6 is 0 Å². The highest BCUT2D eigenvalue weighted by Crippen LogP contribution is 2.48. The minimum atomic E-state index is -4.35. The van der Waals surface area contributed by atoms with Gasteiger partial charge < -0.3 is 5.32 Å². The van der Waals surface area contributed by atoms with E-state index in [1.807, 2.05) is 0 Å². The number of halogens is 3. The molecule has 1 aliphatic rings. The van der Waals surface area contributed by atoms with Gasteiger partial charge in [-0.1, -0.05) is 24.3 Å². The van der Waals surface area contributed by atoms with Crippen LogP contribution in [-0.2, 0) is 17.4 Å². The van der Waals surface area contributed by atoms with Crippen LogP contribution in [0.4, 0.5) is 18.9 Å². The molecule has 1 N–H and O–H groups in total. The molecule has 0 saturated heterocycles. The topological polar surface area (TPSA) is 52.9 Å². The van der Waals surface area contributed by atoms with Gasteiger partial charge in [-0.05, 0) is 47.7 Å². The molecule has 1 fully saturated rings. The number of benzene rings is 2. The summed E-state index contributed by atoms with van der Waals surface area (Å²) in [5.41, 5.74) is 1.58. The van der Waals surface area contributed by atoms with Gasteiger partial charge in [0.2, 0.25) is 5.91 Å². The summed E-state index contributed by atoms with van der Waals surface area (Å²) < 4.78 is 37.7. The largest absolute Gasteiger partial charge is 0.416 e. The van der Waals surface area contributed by atoms with E-state index in [4.69, 9.17) is 5.26 Å². The first-order valence-corrected chi connectivity index (χ1v) is 7.82. The van der Waals surface area contributed by atoms with E-state index in [2.05, 4.69) is 11.4 Å². The lowest BCUT2D eigenvalue weighted by molar-refractivity contribution is -0.137. The molecule has 3 nitrogen and oxygen atoms in total. The predicted molar refractivity (Wildman–Crippen MR) is 86.7 cm³/mol. The first-order chi connectivity index (χ1) is 11.9. The summed E-state index contributed by atoms with van der Waals surface area (Å²) in [5, 5.41) is 11.4. The fourth-order valence-electron chi connectivity index (χ4n) is 2.80. The third kappa shape index (κ3) is 4.00. The van der Waals surface area contributed by atoms with Crippen molar-refractivity contribution in [3.05, 3.63) is 65.2 Å². The van der Waals surface area contributed by atoms with Gasteiger partial charge in [0.05, 0.1) is 18.1 Å². The minimum Gasteiger partial charge on any atom is -0.326 e. The number of nitriles is 1. The van der Waals surface area contributed by atoms with Crippen LogP contribution in [0, 0.1) is 17.2 Å². The number of hydrogen-bond donors (Lipinski definition) is 1. The summed E-state index contributed by atoms with van der Waals surface area (Å²) in [7, 11) is 0. The SMILES string of the molecule is N#CCc1ccc(NC(=O)C2CC2c2ccc(C(F)(F)F)cc2)cc1. The summed E-state index contributed by atoms with van der Waals surface area (Å²) in [5.74, 6) is -0.409. The Morgan fingerprint density at radius 1 is 1.12 bits per heavy atom. The van der Waals surface area contributed by atoms with Gasteiger partial charge in [0.25, 0.3) is 0 Å². The van der Waals surface area contributed by atoms with Crippen LogP contribution < -0.4 is 5.32 Å². The smallest absolute Gasteiger partial charge is 0.326 e. The first-order valence-electron chi connectivity index (χ1n) is 7.82. The van der Waals surface area contributed by atoms with Crippen LogP contribution in [-0.4, -0.2) is 5.91 Å². The lowest BCUT2D eigenvalue weighted by Crippen LogP contribution is -2.14. The second-order valence-electron chi connectivity index (χ2n) is 6.09. The molecule has 2 aromatic rings. The molecule has 0 aromatic heterocycles. The van der Waals surface area contributed by atoms with Crippen molar-refractivity contribution in [3.63, 3.8) is 0 Å². The Hall–Kier alpha value is -2.81. The molecule has 0 aliphatic heterocycles. The highest BCUT2D eigenvalue weighted by atomic mass is 19.4. The molecule has 0 radical (unpaired) electrons.